The highest BCUT2D eigenvalue weighted by molar-refractivity contribution is 5.78. The Hall–Kier alpha value is -0.570. The van der Waals surface area contributed by atoms with Gasteiger partial charge < -0.3 is 9.84 Å². The summed E-state index contributed by atoms with van der Waals surface area (Å²) in [5.41, 5.74) is 0. The van der Waals surface area contributed by atoms with Crippen LogP contribution >= 0.6 is 0 Å². The van der Waals surface area contributed by atoms with Crippen molar-refractivity contribution in [1.29, 1.82) is 0 Å². The second-order valence-electron chi connectivity index (χ2n) is 0.910. The Labute approximate surface area is 41.9 Å². The van der Waals surface area contributed by atoms with Gasteiger partial charge in [0.15, 0.2) is 0 Å². The highest BCUT2D eigenvalue weighted by Gasteiger charge is 1.94. The van der Waals surface area contributed by atoms with Crippen molar-refractivity contribution in [2.75, 3.05) is 13.7 Å². The van der Waals surface area contributed by atoms with Crippen molar-refractivity contribution in [2.45, 2.75) is 0 Å². The summed E-state index contributed by atoms with van der Waals surface area (Å²) in [4.78, 5) is 9.97. The van der Waals surface area contributed by atoms with Crippen LogP contribution in [0.4, 0.5) is 0 Å². The van der Waals surface area contributed by atoms with Crippen LogP contribution < -0.4 is 0 Å². The monoisotopic (exact) mass is 103 g/mol. The van der Waals surface area contributed by atoms with Crippen molar-refractivity contribution in [3.63, 3.8) is 0 Å². The number of ether oxygens (including phenoxy) is 1. The molecule has 0 bridgehead atoms. The van der Waals surface area contributed by atoms with Crippen molar-refractivity contribution in [1.82, 2.24) is 0 Å². The second-order valence-corrected chi connectivity index (χ2v) is 0.910. The maximum atomic E-state index is 9.97. The standard InChI is InChI=1S/C4H7O3/c1-7-4(6)2-3-5/h2,5H,3H2,1H3. The lowest BCUT2D eigenvalue weighted by Crippen LogP contribution is -2.02. The fourth-order valence-corrected chi connectivity index (χ4v) is 0.158. The maximum Gasteiger partial charge on any atom is 0.311 e. The van der Waals surface area contributed by atoms with Crippen LogP contribution in [0.1, 0.15) is 0 Å². The molecule has 1 N–H and O–H groups in total. The first kappa shape index (κ1) is 6.43. The second kappa shape index (κ2) is 3.61. The number of carbonyl (C=O) groups excluding carboxylic acids is 1. The Balaban J connectivity index is 3.00. The van der Waals surface area contributed by atoms with Crippen molar-refractivity contribution in [2.24, 2.45) is 0 Å². The lowest BCUT2D eigenvalue weighted by Gasteiger charge is -1.90. The summed E-state index contributed by atoms with van der Waals surface area (Å²) in [5, 5.41) is 8.01. The van der Waals surface area contributed by atoms with Gasteiger partial charge in [-0.3, -0.25) is 4.79 Å². The van der Waals surface area contributed by atoms with Gasteiger partial charge in [0, 0.05) is 0 Å². The molecule has 0 spiro atoms. The van der Waals surface area contributed by atoms with Crippen LogP contribution in [0.5, 0.6) is 0 Å². The molecule has 0 rings (SSSR count). The number of aliphatic hydroxyl groups excluding tert-OH is 1. The largest absolute Gasteiger partial charge is 0.469 e. The van der Waals surface area contributed by atoms with E-state index in [1.807, 2.05) is 0 Å². The molecule has 0 atom stereocenters. The molecule has 0 aromatic carbocycles. The zero-order valence-electron chi connectivity index (χ0n) is 4.05. The summed E-state index contributed by atoms with van der Waals surface area (Å²) >= 11 is 0. The lowest BCUT2D eigenvalue weighted by atomic mass is 10.5. The zero-order chi connectivity index (χ0) is 5.70. The molecule has 0 unspecified atom stereocenters. The molecule has 0 heterocycles. The predicted octanol–water partition coefficient (Wildman–Crippen LogP) is -0.644. The third-order valence-electron chi connectivity index (χ3n) is 0.459. The van der Waals surface area contributed by atoms with E-state index in [9.17, 15) is 4.79 Å². The molecule has 0 aliphatic rings. The van der Waals surface area contributed by atoms with Crippen LogP contribution in [0, 0.1) is 6.42 Å². The molecule has 0 fully saturated rings. The summed E-state index contributed by atoms with van der Waals surface area (Å²) in [7, 11) is 1.26. The molecule has 1 radical (unpaired) electrons. The Morgan fingerprint density at radius 3 is 2.71 bits per heavy atom. The van der Waals surface area contributed by atoms with Gasteiger partial charge in [-0.25, -0.2) is 0 Å². The SMILES string of the molecule is COC(=O)[CH]CO. The van der Waals surface area contributed by atoms with E-state index < -0.39 is 5.97 Å². The summed E-state index contributed by atoms with van der Waals surface area (Å²) in [6.45, 7) is -0.257. The Kier molecular flexibility index (Phi) is 3.32. The number of carbonyl (C=O) groups is 1. The molecule has 0 aliphatic heterocycles. The maximum absolute atomic E-state index is 9.97. The number of aliphatic hydroxyl groups is 1. The first-order valence-electron chi connectivity index (χ1n) is 1.83. The Morgan fingerprint density at radius 1 is 2.00 bits per heavy atom. The average Bonchev–Trinajstić information content (AvgIpc) is 1.68. The van der Waals surface area contributed by atoms with Gasteiger partial charge in [-0.2, -0.15) is 0 Å². The Bertz CT molecular complexity index is 60.0. The van der Waals surface area contributed by atoms with Crippen LogP contribution in [0.25, 0.3) is 0 Å². The summed E-state index contributed by atoms with van der Waals surface area (Å²) in [6.07, 6.45) is 1.04. The minimum absolute atomic E-state index is 0.257. The molecule has 3 nitrogen and oxygen atoms in total. The number of esters is 1. The molecule has 41 valence electrons. The third-order valence-corrected chi connectivity index (χ3v) is 0.459. The van der Waals surface area contributed by atoms with Crippen LogP contribution in [0.2, 0.25) is 0 Å². The van der Waals surface area contributed by atoms with Gasteiger partial charge in [0.25, 0.3) is 0 Å². The van der Waals surface area contributed by atoms with Crippen molar-refractivity contribution < 1.29 is 14.6 Å². The van der Waals surface area contributed by atoms with Crippen molar-refractivity contribution >= 4 is 5.97 Å². The highest BCUT2D eigenvalue weighted by Crippen LogP contribution is 1.76. The van der Waals surface area contributed by atoms with E-state index in [4.69, 9.17) is 5.11 Å². The summed E-state index contributed by atoms with van der Waals surface area (Å²) < 4.78 is 4.14. The topological polar surface area (TPSA) is 46.5 Å². The normalized spacial score (nSPS) is 8.29. The minimum Gasteiger partial charge on any atom is -0.469 e. The van der Waals surface area contributed by atoms with Gasteiger partial charge in [-0.1, -0.05) is 0 Å². The first-order chi connectivity index (χ1) is 3.31. The van der Waals surface area contributed by atoms with Gasteiger partial charge in [0.1, 0.15) is 0 Å². The minimum atomic E-state index is -0.498. The number of rotatable bonds is 2. The number of methoxy groups -OCH3 is 1. The smallest absolute Gasteiger partial charge is 0.311 e. The molecule has 3 heteroatoms. The van der Waals surface area contributed by atoms with E-state index in [1.165, 1.54) is 7.11 Å². The fourth-order valence-electron chi connectivity index (χ4n) is 0.158. The summed E-state index contributed by atoms with van der Waals surface area (Å²) in [5.74, 6) is -0.498. The molecule has 0 amide bonds. The number of hydrogen-bond acceptors (Lipinski definition) is 3. The summed E-state index contributed by atoms with van der Waals surface area (Å²) in [6, 6.07) is 0. The van der Waals surface area contributed by atoms with Crippen LogP contribution in [-0.2, 0) is 9.53 Å². The molecule has 0 aliphatic carbocycles. The van der Waals surface area contributed by atoms with E-state index in [0.29, 0.717) is 0 Å². The van der Waals surface area contributed by atoms with E-state index in [2.05, 4.69) is 4.74 Å². The molecule has 7 heavy (non-hydrogen) atoms. The molecular formula is C4H7O3. The van der Waals surface area contributed by atoms with E-state index in [1.54, 1.807) is 0 Å². The zero-order valence-corrected chi connectivity index (χ0v) is 4.05. The van der Waals surface area contributed by atoms with Crippen molar-refractivity contribution in [3.8, 4) is 0 Å². The van der Waals surface area contributed by atoms with E-state index >= 15 is 0 Å². The van der Waals surface area contributed by atoms with Gasteiger partial charge >= 0.3 is 5.97 Å². The van der Waals surface area contributed by atoms with Crippen LogP contribution in [0.3, 0.4) is 0 Å². The van der Waals surface area contributed by atoms with Gasteiger partial charge in [-0.15, -0.1) is 0 Å². The molecular weight excluding hydrogens is 96.0 g/mol. The first-order valence-corrected chi connectivity index (χ1v) is 1.83. The molecule has 0 saturated heterocycles. The lowest BCUT2D eigenvalue weighted by molar-refractivity contribution is -0.137. The van der Waals surface area contributed by atoms with E-state index in [0.717, 1.165) is 6.42 Å². The third kappa shape index (κ3) is 3.26. The quantitative estimate of drug-likeness (QED) is 0.473. The Morgan fingerprint density at radius 2 is 2.57 bits per heavy atom. The molecule has 0 aromatic heterocycles. The van der Waals surface area contributed by atoms with Gasteiger partial charge in [0.2, 0.25) is 0 Å². The van der Waals surface area contributed by atoms with E-state index in [-0.39, 0.29) is 6.61 Å². The van der Waals surface area contributed by atoms with Crippen LogP contribution in [-0.4, -0.2) is 24.8 Å². The fraction of sp³-hybridized carbons (Fsp3) is 0.500. The number of hydrogen-bond donors (Lipinski definition) is 1. The van der Waals surface area contributed by atoms with Gasteiger partial charge in [-0.05, 0) is 0 Å². The highest BCUT2D eigenvalue weighted by atomic mass is 16.5. The predicted molar refractivity (Wildman–Crippen MR) is 23.4 cm³/mol. The van der Waals surface area contributed by atoms with Crippen LogP contribution in [0.15, 0.2) is 0 Å². The average molecular weight is 103 g/mol. The molecule has 0 aromatic rings. The van der Waals surface area contributed by atoms with Gasteiger partial charge in [0.05, 0.1) is 20.1 Å². The molecule has 0 saturated carbocycles. The van der Waals surface area contributed by atoms with Crippen molar-refractivity contribution in [3.05, 3.63) is 6.42 Å².